The molecule has 3 rings (SSSR count). The van der Waals surface area contributed by atoms with E-state index in [9.17, 15) is 14.9 Å². The summed E-state index contributed by atoms with van der Waals surface area (Å²) in [6, 6.07) is 5.68. The number of nitrogens with zero attached hydrogens (tertiary/aromatic N) is 3. The van der Waals surface area contributed by atoms with Gasteiger partial charge in [-0.25, -0.2) is 9.97 Å². The van der Waals surface area contributed by atoms with Crippen LogP contribution in [-0.2, 0) is 4.79 Å². The Morgan fingerprint density at radius 3 is 2.93 bits per heavy atom. The number of thioether (sulfide) groups is 1. The van der Waals surface area contributed by atoms with E-state index in [0.717, 1.165) is 0 Å². The molecule has 0 saturated carbocycles. The predicted octanol–water partition coefficient (Wildman–Crippen LogP) is 3.65. The van der Waals surface area contributed by atoms with E-state index in [-0.39, 0.29) is 17.3 Å². The Hall–Kier alpha value is -2.85. The molecule has 0 saturated heterocycles. The van der Waals surface area contributed by atoms with E-state index in [4.69, 9.17) is 16.3 Å². The minimum atomic E-state index is -0.533. The first-order valence-corrected chi connectivity index (χ1v) is 8.94. The molecule has 0 aliphatic heterocycles. The molecule has 9 nitrogen and oxygen atoms in total. The fourth-order valence-electron chi connectivity index (χ4n) is 2.26. The molecule has 0 aliphatic rings. The molecule has 0 radical (unpaired) electrons. The van der Waals surface area contributed by atoms with Crippen molar-refractivity contribution in [3.05, 3.63) is 45.6 Å². The number of hydrogen-bond donors (Lipinski definition) is 2. The molecule has 1 atom stereocenters. The minimum Gasteiger partial charge on any atom is -0.494 e. The highest BCUT2D eigenvalue weighted by molar-refractivity contribution is 8.00. The molecule has 27 heavy (non-hydrogen) atoms. The van der Waals surface area contributed by atoms with Crippen molar-refractivity contribution in [3.8, 4) is 5.75 Å². The summed E-state index contributed by atoms with van der Waals surface area (Å²) in [4.78, 5) is 34.3. The number of imidazole rings is 1. The lowest BCUT2D eigenvalue weighted by Gasteiger charge is -2.13. The third kappa shape index (κ3) is 4.29. The Bertz CT molecular complexity index is 1030. The summed E-state index contributed by atoms with van der Waals surface area (Å²) in [7, 11) is 1.37. The highest BCUT2D eigenvalue weighted by Gasteiger charge is 2.20. The molecule has 1 aromatic carbocycles. The number of amides is 1. The second kappa shape index (κ2) is 7.80. The topological polar surface area (TPSA) is 123 Å². The molecule has 2 heterocycles. The number of halogens is 1. The quantitative estimate of drug-likeness (QED) is 0.363. The molecule has 3 aromatic rings. The number of ether oxygens (including phenoxy) is 1. The van der Waals surface area contributed by atoms with E-state index in [1.165, 1.54) is 43.3 Å². The predicted molar refractivity (Wildman–Crippen MR) is 102 cm³/mol. The molecular formula is C16H14ClN5O4S. The molecule has 0 bridgehead atoms. The van der Waals surface area contributed by atoms with Crippen LogP contribution in [0, 0.1) is 10.1 Å². The number of pyridine rings is 1. The number of H-pyrrole nitrogens is 1. The lowest BCUT2D eigenvalue weighted by molar-refractivity contribution is -0.384. The van der Waals surface area contributed by atoms with E-state index in [0.29, 0.717) is 27.0 Å². The van der Waals surface area contributed by atoms with Crippen molar-refractivity contribution in [3.63, 3.8) is 0 Å². The number of fused-ring (bicyclic) bond motifs is 1. The van der Waals surface area contributed by atoms with Gasteiger partial charge in [0.2, 0.25) is 5.91 Å². The first kappa shape index (κ1) is 18.9. The highest BCUT2D eigenvalue weighted by Crippen LogP contribution is 2.30. The lowest BCUT2D eigenvalue weighted by atomic mass is 10.2. The molecule has 11 heteroatoms. The molecule has 1 amide bonds. The summed E-state index contributed by atoms with van der Waals surface area (Å²) >= 11 is 7.11. The Kier molecular flexibility index (Phi) is 5.47. The summed E-state index contributed by atoms with van der Waals surface area (Å²) in [5.41, 5.74) is 1.40. The zero-order valence-corrected chi connectivity index (χ0v) is 15.8. The van der Waals surface area contributed by atoms with Gasteiger partial charge in [0, 0.05) is 12.3 Å². The smallest absolute Gasteiger partial charge is 0.273 e. The zero-order chi connectivity index (χ0) is 19.6. The van der Waals surface area contributed by atoms with Crippen LogP contribution in [0.3, 0.4) is 0 Å². The average molecular weight is 408 g/mol. The number of nitro benzene ring substituents is 1. The third-order valence-electron chi connectivity index (χ3n) is 3.59. The monoisotopic (exact) mass is 407 g/mol. The summed E-state index contributed by atoms with van der Waals surface area (Å²) in [5, 5.41) is 14.1. The number of nitro groups is 1. The summed E-state index contributed by atoms with van der Waals surface area (Å²) in [6.07, 6.45) is 1.50. The van der Waals surface area contributed by atoms with E-state index >= 15 is 0 Å². The van der Waals surface area contributed by atoms with Crippen molar-refractivity contribution in [2.75, 3.05) is 12.4 Å². The molecule has 0 spiro atoms. The van der Waals surface area contributed by atoms with Crippen molar-refractivity contribution in [2.45, 2.75) is 17.3 Å². The summed E-state index contributed by atoms with van der Waals surface area (Å²) < 4.78 is 5.12. The van der Waals surface area contributed by atoms with Gasteiger partial charge in [0.1, 0.15) is 5.75 Å². The van der Waals surface area contributed by atoms with Gasteiger partial charge >= 0.3 is 0 Å². The molecular weight excluding hydrogens is 394 g/mol. The second-order valence-electron chi connectivity index (χ2n) is 5.46. The number of aromatic nitrogens is 3. The fourth-order valence-corrected chi connectivity index (χ4v) is 3.23. The van der Waals surface area contributed by atoms with Crippen LogP contribution < -0.4 is 10.1 Å². The van der Waals surface area contributed by atoms with Crippen molar-refractivity contribution in [1.29, 1.82) is 0 Å². The number of nitrogens with one attached hydrogen (secondary N) is 2. The Morgan fingerprint density at radius 2 is 2.22 bits per heavy atom. The van der Waals surface area contributed by atoms with Gasteiger partial charge in [-0.1, -0.05) is 23.4 Å². The van der Waals surface area contributed by atoms with Crippen LogP contribution in [0.4, 0.5) is 11.4 Å². The van der Waals surface area contributed by atoms with Crippen molar-refractivity contribution < 1.29 is 14.5 Å². The Balaban J connectivity index is 1.72. The van der Waals surface area contributed by atoms with Gasteiger partial charge in [0.25, 0.3) is 5.69 Å². The van der Waals surface area contributed by atoms with Gasteiger partial charge < -0.3 is 15.0 Å². The van der Waals surface area contributed by atoms with Gasteiger partial charge in [-0.15, -0.1) is 0 Å². The van der Waals surface area contributed by atoms with Gasteiger partial charge in [-0.3, -0.25) is 14.9 Å². The Morgan fingerprint density at radius 1 is 1.44 bits per heavy atom. The van der Waals surface area contributed by atoms with Crippen molar-refractivity contribution in [1.82, 2.24) is 15.0 Å². The Labute approximate surface area is 162 Å². The maximum Gasteiger partial charge on any atom is 0.273 e. The first-order chi connectivity index (χ1) is 12.9. The van der Waals surface area contributed by atoms with Crippen LogP contribution in [0.15, 0.2) is 35.6 Å². The van der Waals surface area contributed by atoms with Crippen molar-refractivity contribution in [2.24, 2.45) is 0 Å². The molecule has 0 aliphatic carbocycles. The van der Waals surface area contributed by atoms with E-state index in [1.807, 2.05) is 0 Å². The van der Waals surface area contributed by atoms with Gasteiger partial charge in [0.15, 0.2) is 10.8 Å². The van der Waals surface area contributed by atoms with Crippen LogP contribution in [0.25, 0.3) is 11.2 Å². The maximum atomic E-state index is 12.5. The number of aromatic amines is 1. The van der Waals surface area contributed by atoms with Gasteiger partial charge in [-0.05, 0) is 19.1 Å². The number of carbonyl (C=O) groups excluding carboxylic acids is 1. The summed E-state index contributed by atoms with van der Waals surface area (Å²) in [6.45, 7) is 1.71. The number of rotatable bonds is 6. The first-order valence-electron chi connectivity index (χ1n) is 7.68. The van der Waals surface area contributed by atoms with Gasteiger partial charge in [-0.2, -0.15) is 0 Å². The highest BCUT2D eigenvalue weighted by atomic mass is 35.5. The molecule has 2 aromatic heterocycles. The van der Waals surface area contributed by atoms with Crippen LogP contribution in [0.5, 0.6) is 5.75 Å². The third-order valence-corrected chi connectivity index (χ3v) is 4.78. The number of carbonyl (C=O) groups is 1. The molecule has 2 N–H and O–H groups in total. The zero-order valence-electron chi connectivity index (χ0n) is 14.2. The summed E-state index contributed by atoms with van der Waals surface area (Å²) in [5.74, 6) is -0.101. The number of benzene rings is 1. The lowest BCUT2D eigenvalue weighted by Crippen LogP contribution is -2.22. The maximum absolute atomic E-state index is 12.5. The standard InChI is InChI=1S/C16H14ClN5O4S/c1-8(27-16-20-12-5-9(17)7-18-14(12)21-16)15(23)19-11-4-3-10(22(24)25)6-13(11)26-2/h3-8H,1-2H3,(H,19,23)(H,18,20,21)/t8-/m0/s1. The second-order valence-corrected chi connectivity index (χ2v) is 7.22. The number of anilines is 1. The number of methoxy groups -OCH3 is 1. The number of hydrogen-bond acceptors (Lipinski definition) is 7. The molecule has 0 unspecified atom stereocenters. The van der Waals surface area contributed by atoms with Gasteiger partial charge in [0.05, 0.1) is 39.6 Å². The van der Waals surface area contributed by atoms with Crippen LogP contribution in [0.2, 0.25) is 5.02 Å². The van der Waals surface area contributed by atoms with Crippen molar-refractivity contribution >= 4 is 51.8 Å². The molecule has 0 fully saturated rings. The molecule has 140 valence electrons. The van der Waals surface area contributed by atoms with E-state index < -0.39 is 10.2 Å². The number of non-ortho nitro benzene ring substituents is 1. The SMILES string of the molecule is COc1cc([N+](=O)[O-])ccc1NC(=O)[C@H](C)Sc1nc2ncc(Cl)cc2[nH]1. The van der Waals surface area contributed by atoms with E-state index in [2.05, 4.69) is 20.3 Å². The van der Waals surface area contributed by atoms with Crippen LogP contribution >= 0.6 is 23.4 Å². The van der Waals surface area contributed by atoms with Crippen LogP contribution in [-0.4, -0.2) is 38.1 Å². The largest absolute Gasteiger partial charge is 0.494 e. The van der Waals surface area contributed by atoms with Crippen LogP contribution in [0.1, 0.15) is 6.92 Å². The average Bonchev–Trinajstić information content (AvgIpc) is 3.02. The minimum absolute atomic E-state index is 0.124. The van der Waals surface area contributed by atoms with E-state index in [1.54, 1.807) is 13.0 Å². The fraction of sp³-hybridized carbons (Fsp3) is 0.188. The normalized spacial score (nSPS) is 12.0.